The molecule has 12 rings (SSSR count). The number of anilines is 3. The number of nitrogens with zero attached hydrogens (tertiary/aromatic N) is 1. The van der Waals surface area contributed by atoms with Gasteiger partial charge in [-0.3, -0.25) is 0 Å². The standard InChI is InChI=1S/C58H37NS2/c1-2-14-38(15-3-1)39-30-34-42(35-31-39)59(43-36-32-41(33-37-43)45-21-10-17-40-16-4-5-18-44(40)45)56-48(52-26-12-24-50-46-19-6-8-28-54(46)60-57(50)52)22-11-23-49(56)53-27-13-25-51-47-20-7-9-29-55(47)61-58(51)53/h1-37H. The summed E-state index contributed by atoms with van der Waals surface area (Å²) in [5.41, 5.74) is 13.0. The van der Waals surface area contributed by atoms with Gasteiger partial charge in [0.2, 0.25) is 0 Å². The first-order chi connectivity index (χ1) is 30.3. The first kappa shape index (κ1) is 35.6. The van der Waals surface area contributed by atoms with Crippen LogP contribution in [0.2, 0.25) is 0 Å². The minimum atomic E-state index is 1.09. The van der Waals surface area contributed by atoms with E-state index >= 15 is 0 Å². The summed E-state index contributed by atoms with van der Waals surface area (Å²) in [7, 11) is 0. The van der Waals surface area contributed by atoms with E-state index in [-0.39, 0.29) is 0 Å². The van der Waals surface area contributed by atoms with Crippen LogP contribution in [0.15, 0.2) is 224 Å². The van der Waals surface area contributed by atoms with Crippen LogP contribution in [0.1, 0.15) is 0 Å². The number of rotatable bonds is 7. The van der Waals surface area contributed by atoms with E-state index in [1.807, 2.05) is 22.7 Å². The molecule has 1 nitrogen and oxygen atoms in total. The van der Waals surface area contributed by atoms with E-state index in [0.29, 0.717) is 0 Å². The van der Waals surface area contributed by atoms with Crippen molar-refractivity contribution < 1.29 is 0 Å². The molecule has 0 fully saturated rings. The van der Waals surface area contributed by atoms with Gasteiger partial charge in [-0.25, -0.2) is 0 Å². The predicted octanol–water partition coefficient (Wildman–Crippen LogP) is 17.7. The van der Waals surface area contributed by atoms with Gasteiger partial charge in [-0.05, 0) is 69.4 Å². The molecule has 0 saturated carbocycles. The Balaban J connectivity index is 1.15. The molecule has 286 valence electrons. The summed E-state index contributed by atoms with van der Waals surface area (Å²) < 4.78 is 5.20. The molecule has 0 aliphatic heterocycles. The van der Waals surface area contributed by atoms with Gasteiger partial charge in [0.1, 0.15) is 0 Å². The molecule has 0 aliphatic rings. The van der Waals surface area contributed by atoms with E-state index in [1.54, 1.807) is 0 Å². The average Bonchev–Trinajstić information content (AvgIpc) is 3.91. The van der Waals surface area contributed by atoms with Crippen LogP contribution in [-0.2, 0) is 0 Å². The maximum absolute atomic E-state index is 2.50. The maximum atomic E-state index is 2.50. The zero-order valence-corrected chi connectivity index (χ0v) is 34.8. The van der Waals surface area contributed by atoms with Gasteiger partial charge in [0.25, 0.3) is 0 Å². The van der Waals surface area contributed by atoms with Crippen molar-refractivity contribution in [2.45, 2.75) is 0 Å². The summed E-state index contributed by atoms with van der Waals surface area (Å²) in [6.07, 6.45) is 0. The lowest BCUT2D eigenvalue weighted by Gasteiger charge is -2.31. The van der Waals surface area contributed by atoms with Gasteiger partial charge in [0, 0.05) is 74.0 Å². The molecule has 0 bridgehead atoms. The number of thiophene rings is 2. The van der Waals surface area contributed by atoms with Crippen molar-refractivity contribution in [3.05, 3.63) is 224 Å². The van der Waals surface area contributed by atoms with Crippen LogP contribution in [0.4, 0.5) is 17.1 Å². The van der Waals surface area contributed by atoms with Crippen LogP contribution in [0, 0.1) is 0 Å². The Morgan fingerprint density at radius 1 is 0.262 bits per heavy atom. The minimum Gasteiger partial charge on any atom is -0.309 e. The molecule has 0 spiro atoms. The lowest BCUT2D eigenvalue weighted by molar-refractivity contribution is 1.29. The second-order valence-electron chi connectivity index (χ2n) is 15.6. The van der Waals surface area contributed by atoms with Crippen LogP contribution in [-0.4, -0.2) is 0 Å². The number of hydrogen-bond donors (Lipinski definition) is 0. The monoisotopic (exact) mass is 811 g/mol. The Kier molecular flexibility index (Phi) is 8.62. The second kappa shape index (κ2) is 14.8. The van der Waals surface area contributed by atoms with Gasteiger partial charge in [0.15, 0.2) is 0 Å². The van der Waals surface area contributed by atoms with E-state index in [1.165, 1.54) is 95.6 Å². The number of hydrogen-bond acceptors (Lipinski definition) is 3. The predicted molar refractivity (Wildman–Crippen MR) is 266 cm³/mol. The molecule has 0 amide bonds. The molecule has 0 unspecified atom stereocenters. The van der Waals surface area contributed by atoms with E-state index < -0.39 is 0 Å². The molecule has 0 saturated heterocycles. The van der Waals surface area contributed by atoms with Gasteiger partial charge >= 0.3 is 0 Å². The number of para-hydroxylation sites is 1. The Hall–Kier alpha value is -7.30. The Bertz CT molecular complexity index is 3440. The van der Waals surface area contributed by atoms with E-state index in [4.69, 9.17) is 0 Å². The molecule has 0 aliphatic carbocycles. The zero-order valence-electron chi connectivity index (χ0n) is 33.1. The molecule has 0 atom stereocenters. The van der Waals surface area contributed by atoms with Crippen molar-refractivity contribution in [2.75, 3.05) is 4.90 Å². The van der Waals surface area contributed by atoms with Crippen molar-refractivity contribution in [1.29, 1.82) is 0 Å². The van der Waals surface area contributed by atoms with Crippen molar-refractivity contribution in [3.8, 4) is 44.5 Å². The van der Waals surface area contributed by atoms with Gasteiger partial charge < -0.3 is 4.90 Å². The van der Waals surface area contributed by atoms with Gasteiger partial charge in [-0.15, -0.1) is 22.7 Å². The fourth-order valence-corrected chi connectivity index (χ4v) is 11.7. The molecule has 2 heterocycles. The normalized spacial score (nSPS) is 11.6. The Morgan fingerprint density at radius 3 is 1.28 bits per heavy atom. The van der Waals surface area contributed by atoms with Gasteiger partial charge in [-0.1, -0.05) is 188 Å². The number of benzene rings is 10. The Morgan fingerprint density at radius 2 is 0.672 bits per heavy atom. The average molecular weight is 812 g/mol. The van der Waals surface area contributed by atoms with Crippen molar-refractivity contribution >= 4 is 90.9 Å². The molecule has 0 N–H and O–H groups in total. The van der Waals surface area contributed by atoms with E-state index in [0.717, 1.165) is 17.1 Å². The van der Waals surface area contributed by atoms with Crippen LogP contribution in [0.5, 0.6) is 0 Å². The SMILES string of the molecule is c1ccc(-c2ccc(N(c3ccc(-c4cccc5ccccc45)cc3)c3c(-c4cccc5c4sc4ccccc45)cccc3-c3cccc4c3sc3ccccc34)cc2)cc1. The fraction of sp³-hybridized carbons (Fsp3) is 0. The summed E-state index contributed by atoms with van der Waals surface area (Å²) >= 11 is 3.77. The zero-order chi connectivity index (χ0) is 40.3. The molecule has 12 aromatic rings. The molecule has 61 heavy (non-hydrogen) atoms. The first-order valence-electron chi connectivity index (χ1n) is 20.7. The fourth-order valence-electron chi connectivity index (χ4n) is 9.25. The third-order valence-electron chi connectivity index (χ3n) is 12.1. The third kappa shape index (κ3) is 6.04. The van der Waals surface area contributed by atoms with Crippen LogP contribution in [0.25, 0.3) is 95.6 Å². The minimum absolute atomic E-state index is 1.09. The molecular weight excluding hydrogens is 775 g/mol. The van der Waals surface area contributed by atoms with Crippen LogP contribution in [0.3, 0.4) is 0 Å². The van der Waals surface area contributed by atoms with Gasteiger partial charge in [-0.2, -0.15) is 0 Å². The van der Waals surface area contributed by atoms with Crippen LogP contribution >= 0.6 is 22.7 Å². The Labute approximate surface area is 362 Å². The van der Waals surface area contributed by atoms with Crippen molar-refractivity contribution in [2.24, 2.45) is 0 Å². The molecule has 2 aromatic heterocycles. The largest absolute Gasteiger partial charge is 0.309 e. The highest BCUT2D eigenvalue weighted by Gasteiger charge is 2.25. The number of fused-ring (bicyclic) bond motifs is 7. The highest BCUT2D eigenvalue weighted by atomic mass is 32.1. The lowest BCUT2D eigenvalue weighted by Crippen LogP contribution is -2.13. The van der Waals surface area contributed by atoms with Crippen molar-refractivity contribution in [3.63, 3.8) is 0 Å². The van der Waals surface area contributed by atoms with Crippen LogP contribution < -0.4 is 4.90 Å². The molecular formula is C58H37NS2. The highest BCUT2D eigenvalue weighted by Crippen LogP contribution is 2.52. The van der Waals surface area contributed by atoms with Gasteiger partial charge in [0.05, 0.1) is 5.69 Å². The molecule has 10 aromatic carbocycles. The summed E-state index contributed by atoms with van der Waals surface area (Å²) in [5.74, 6) is 0. The quantitative estimate of drug-likeness (QED) is 0.155. The molecule has 3 heteroatoms. The summed E-state index contributed by atoms with van der Waals surface area (Å²) in [6, 6.07) is 82.5. The first-order valence-corrected chi connectivity index (χ1v) is 22.4. The molecule has 0 radical (unpaired) electrons. The van der Waals surface area contributed by atoms with E-state index in [2.05, 4.69) is 229 Å². The summed E-state index contributed by atoms with van der Waals surface area (Å²) in [5, 5.41) is 7.68. The van der Waals surface area contributed by atoms with E-state index in [9.17, 15) is 0 Å². The lowest BCUT2D eigenvalue weighted by atomic mass is 9.92. The van der Waals surface area contributed by atoms with Crippen molar-refractivity contribution in [1.82, 2.24) is 0 Å². The summed E-state index contributed by atoms with van der Waals surface area (Å²) in [4.78, 5) is 2.50. The highest BCUT2D eigenvalue weighted by molar-refractivity contribution is 7.26. The maximum Gasteiger partial charge on any atom is 0.0619 e. The third-order valence-corrected chi connectivity index (χ3v) is 14.5. The second-order valence-corrected chi connectivity index (χ2v) is 17.7. The smallest absolute Gasteiger partial charge is 0.0619 e. The summed E-state index contributed by atoms with van der Waals surface area (Å²) in [6.45, 7) is 0. The topological polar surface area (TPSA) is 3.24 Å².